The molecule has 1 atom stereocenters. The number of nitrogen functional groups attached to an aromatic ring is 1. The number of nitrogens with zero attached hydrogens (tertiary/aromatic N) is 4. The van der Waals surface area contributed by atoms with Gasteiger partial charge in [0.15, 0.2) is 0 Å². The van der Waals surface area contributed by atoms with Crippen LogP contribution in [0.5, 0.6) is 0 Å². The third-order valence-electron chi connectivity index (χ3n) is 6.43. The summed E-state index contributed by atoms with van der Waals surface area (Å²) in [5.41, 5.74) is 12.8. The van der Waals surface area contributed by atoms with E-state index in [1.165, 1.54) is 24.0 Å². The molecule has 3 aromatic rings. The number of nitrogens with two attached hydrogens (primary N) is 1. The Morgan fingerprint density at radius 2 is 1.90 bits per heavy atom. The SMILES string of the molecule is Nc1nccn2c(C3CC(I)C3)nc(C3=CC=C4C=CC(c5ccccc5)=NC4C3)c12. The molecule has 1 saturated carbocycles. The number of fused-ring (bicyclic) bond motifs is 2. The van der Waals surface area contributed by atoms with Gasteiger partial charge in [-0.15, -0.1) is 0 Å². The van der Waals surface area contributed by atoms with Gasteiger partial charge >= 0.3 is 0 Å². The van der Waals surface area contributed by atoms with Gasteiger partial charge in [0.25, 0.3) is 0 Å². The molecule has 1 aromatic carbocycles. The second-order valence-corrected chi connectivity index (χ2v) is 10.2. The number of hydrogen-bond donors (Lipinski definition) is 1. The van der Waals surface area contributed by atoms with Gasteiger partial charge in [0.1, 0.15) is 17.2 Å². The van der Waals surface area contributed by atoms with Gasteiger partial charge in [0, 0.05) is 28.7 Å². The van der Waals surface area contributed by atoms with Gasteiger partial charge in [-0.2, -0.15) is 0 Å². The maximum atomic E-state index is 6.34. The van der Waals surface area contributed by atoms with Crippen molar-refractivity contribution in [3.63, 3.8) is 0 Å². The van der Waals surface area contributed by atoms with Crippen molar-refractivity contribution in [1.82, 2.24) is 14.4 Å². The molecule has 2 aromatic heterocycles. The van der Waals surface area contributed by atoms with Crippen LogP contribution >= 0.6 is 22.6 Å². The molecule has 0 amide bonds. The summed E-state index contributed by atoms with van der Waals surface area (Å²) in [7, 11) is 0. The lowest BCUT2D eigenvalue weighted by atomic mass is 9.85. The van der Waals surface area contributed by atoms with Crippen LogP contribution < -0.4 is 5.73 Å². The number of anilines is 1. The molecule has 3 aliphatic rings. The zero-order valence-corrected chi connectivity index (χ0v) is 19.1. The molecule has 0 saturated heterocycles. The Morgan fingerprint density at radius 1 is 1.06 bits per heavy atom. The molecule has 2 aliphatic carbocycles. The lowest BCUT2D eigenvalue weighted by Gasteiger charge is -2.30. The summed E-state index contributed by atoms with van der Waals surface area (Å²) in [6.45, 7) is 0. The molecule has 0 radical (unpaired) electrons. The summed E-state index contributed by atoms with van der Waals surface area (Å²) in [6, 6.07) is 10.5. The summed E-state index contributed by atoms with van der Waals surface area (Å²) in [5.74, 6) is 2.13. The third-order valence-corrected chi connectivity index (χ3v) is 7.45. The van der Waals surface area contributed by atoms with E-state index in [-0.39, 0.29) is 6.04 Å². The van der Waals surface area contributed by atoms with E-state index in [1.807, 2.05) is 12.3 Å². The highest BCUT2D eigenvalue weighted by Crippen LogP contribution is 2.43. The number of aromatic nitrogens is 3. The van der Waals surface area contributed by atoms with E-state index in [4.69, 9.17) is 15.7 Å². The quantitative estimate of drug-likeness (QED) is 0.385. The molecule has 1 aliphatic heterocycles. The topological polar surface area (TPSA) is 68.6 Å². The van der Waals surface area contributed by atoms with Crippen molar-refractivity contribution in [2.45, 2.75) is 35.1 Å². The van der Waals surface area contributed by atoms with E-state index in [0.29, 0.717) is 11.7 Å². The number of allylic oxidation sites excluding steroid dienone is 3. The van der Waals surface area contributed by atoms with Crippen molar-refractivity contribution < 1.29 is 0 Å². The zero-order chi connectivity index (χ0) is 20.9. The van der Waals surface area contributed by atoms with Crippen molar-refractivity contribution in [1.29, 1.82) is 0 Å². The van der Waals surface area contributed by atoms with Gasteiger partial charge in [-0.25, -0.2) is 9.97 Å². The molecule has 31 heavy (non-hydrogen) atoms. The predicted molar refractivity (Wildman–Crippen MR) is 134 cm³/mol. The first-order chi connectivity index (χ1) is 15.2. The molecule has 0 spiro atoms. The van der Waals surface area contributed by atoms with Gasteiger partial charge in [0.2, 0.25) is 0 Å². The average Bonchev–Trinajstić information content (AvgIpc) is 3.17. The van der Waals surface area contributed by atoms with Crippen molar-refractivity contribution in [2.24, 2.45) is 4.99 Å². The summed E-state index contributed by atoms with van der Waals surface area (Å²) in [4.78, 5) is 14.6. The molecule has 0 bridgehead atoms. The Balaban J connectivity index is 1.40. The molecule has 3 heterocycles. The average molecular weight is 519 g/mol. The minimum absolute atomic E-state index is 0.0979. The molecular weight excluding hydrogens is 497 g/mol. The highest BCUT2D eigenvalue weighted by Gasteiger charge is 2.33. The van der Waals surface area contributed by atoms with Gasteiger partial charge in [0.05, 0.1) is 17.4 Å². The molecule has 1 fully saturated rings. The Labute approximate surface area is 194 Å². The van der Waals surface area contributed by atoms with E-state index in [1.54, 1.807) is 6.20 Å². The van der Waals surface area contributed by atoms with Crippen LogP contribution in [-0.2, 0) is 0 Å². The smallest absolute Gasteiger partial charge is 0.150 e. The highest BCUT2D eigenvalue weighted by atomic mass is 127. The van der Waals surface area contributed by atoms with E-state index < -0.39 is 0 Å². The van der Waals surface area contributed by atoms with Crippen LogP contribution in [0.25, 0.3) is 11.1 Å². The Hall–Kier alpha value is -2.74. The molecule has 154 valence electrons. The standard InChI is InChI=1S/C25H22IN5/c26-19-12-18(13-19)25-30-22(23-24(27)28-10-11-31(23)25)17-7-6-16-8-9-20(29-21(16)14-17)15-4-2-1-3-5-15/h1-11,18-19,21H,12-14H2,(H2,27,28). The number of aliphatic imine (C=N–C) groups is 1. The van der Waals surface area contributed by atoms with Gasteiger partial charge in [-0.3, -0.25) is 9.39 Å². The fraction of sp³-hybridized carbons (Fsp3) is 0.240. The normalized spacial score (nSPS) is 24.8. The van der Waals surface area contributed by atoms with Gasteiger partial charge in [-0.05, 0) is 35.6 Å². The lowest BCUT2D eigenvalue weighted by molar-refractivity contribution is 0.428. The lowest BCUT2D eigenvalue weighted by Crippen LogP contribution is -2.23. The second-order valence-electron chi connectivity index (χ2n) is 8.41. The van der Waals surface area contributed by atoms with Crippen LogP contribution in [0.15, 0.2) is 77.6 Å². The van der Waals surface area contributed by atoms with E-state index >= 15 is 0 Å². The molecule has 5 nitrogen and oxygen atoms in total. The zero-order valence-electron chi connectivity index (χ0n) is 16.9. The largest absolute Gasteiger partial charge is 0.382 e. The summed E-state index contributed by atoms with van der Waals surface area (Å²) < 4.78 is 2.89. The first kappa shape index (κ1) is 19.0. The van der Waals surface area contributed by atoms with Crippen LogP contribution in [0, 0.1) is 0 Å². The Kier molecular flexibility index (Phi) is 4.56. The molecule has 6 heteroatoms. The van der Waals surface area contributed by atoms with Crippen LogP contribution in [0.3, 0.4) is 0 Å². The monoisotopic (exact) mass is 519 g/mol. The van der Waals surface area contributed by atoms with Crippen LogP contribution in [0.4, 0.5) is 5.82 Å². The summed E-state index contributed by atoms with van der Waals surface area (Å²) in [6.07, 6.45) is 15.6. The van der Waals surface area contributed by atoms with E-state index in [9.17, 15) is 0 Å². The molecule has 1 unspecified atom stereocenters. The number of alkyl halides is 1. The first-order valence-electron chi connectivity index (χ1n) is 10.7. The molecule has 2 N–H and O–H groups in total. The van der Waals surface area contributed by atoms with Gasteiger partial charge in [-0.1, -0.05) is 71.2 Å². The maximum Gasteiger partial charge on any atom is 0.150 e. The fourth-order valence-corrected chi connectivity index (χ4v) is 5.92. The Bertz CT molecular complexity index is 1290. The minimum Gasteiger partial charge on any atom is -0.382 e. The number of benzene rings is 1. The van der Waals surface area contributed by atoms with E-state index in [0.717, 1.165) is 38.7 Å². The number of rotatable bonds is 3. The number of dihydropyridines is 1. The first-order valence-corrected chi connectivity index (χ1v) is 11.9. The summed E-state index contributed by atoms with van der Waals surface area (Å²) >= 11 is 2.53. The van der Waals surface area contributed by atoms with Crippen molar-refractivity contribution in [2.75, 3.05) is 5.73 Å². The second kappa shape index (κ2) is 7.44. The number of hydrogen-bond acceptors (Lipinski definition) is 4. The van der Waals surface area contributed by atoms with Crippen molar-refractivity contribution in [3.8, 4) is 0 Å². The molecule has 6 rings (SSSR count). The summed E-state index contributed by atoms with van der Waals surface area (Å²) in [5, 5.41) is 0. The van der Waals surface area contributed by atoms with Crippen molar-refractivity contribution in [3.05, 3.63) is 89.7 Å². The van der Waals surface area contributed by atoms with Crippen LogP contribution in [0.1, 0.15) is 42.3 Å². The van der Waals surface area contributed by atoms with Crippen LogP contribution in [0.2, 0.25) is 0 Å². The van der Waals surface area contributed by atoms with Gasteiger partial charge < -0.3 is 5.73 Å². The molecular formula is C25H22IN5. The van der Waals surface area contributed by atoms with E-state index in [2.05, 4.69) is 80.5 Å². The predicted octanol–water partition coefficient (Wildman–Crippen LogP) is 5.13. The minimum atomic E-state index is 0.0979. The number of imidazole rings is 1. The number of halogens is 1. The van der Waals surface area contributed by atoms with Crippen LogP contribution in [-0.4, -0.2) is 30.0 Å². The van der Waals surface area contributed by atoms with Crippen molar-refractivity contribution >= 4 is 45.2 Å². The fourth-order valence-electron chi connectivity index (χ4n) is 4.69. The Morgan fingerprint density at radius 3 is 2.71 bits per heavy atom. The highest BCUT2D eigenvalue weighted by molar-refractivity contribution is 14.1. The third kappa shape index (κ3) is 3.24. The maximum absolute atomic E-state index is 6.34.